The molecule has 0 spiro atoms. The molecule has 3 heterocycles. The van der Waals surface area contributed by atoms with E-state index in [1.807, 2.05) is 18.5 Å². The maximum Gasteiger partial charge on any atom is 0.341 e. The van der Waals surface area contributed by atoms with E-state index in [9.17, 15) is 0 Å². The predicted molar refractivity (Wildman–Crippen MR) is 90.2 cm³/mol. The van der Waals surface area contributed by atoms with E-state index in [1.165, 1.54) is 0 Å². The minimum absolute atomic E-state index is 0.188. The van der Waals surface area contributed by atoms with E-state index in [0.717, 1.165) is 17.2 Å². The average Bonchev–Trinajstić information content (AvgIpc) is 3.11. The summed E-state index contributed by atoms with van der Waals surface area (Å²) < 4.78 is 9.03. The van der Waals surface area contributed by atoms with Crippen LogP contribution in [0, 0.1) is 6.92 Å². The molecule has 0 aliphatic rings. The smallest absolute Gasteiger partial charge is 0.341 e. The summed E-state index contributed by atoms with van der Waals surface area (Å²) in [5.74, 6) is 1.93. The zero-order valence-corrected chi connectivity index (χ0v) is 15.2. The molecule has 0 saturated heterocycles. The fourth-order valence-electron chi connectivity index (χ4n) is 2.61. The van der Waals surface area contributed by atoms with Gasteiger partial charge >= 0.3 is 6.01 Å². The zero-order chi connectivity index (χ0) is 17.6. The summed E-state index contributed by atoms with van der Waals surface area (Å²) in [6.45, 7) is 12.3. The number of fused-ring (bicyclic) bond motifs is 1. The van der Waals surface area contributed by atoms with E-state index in [-0.39, 0.29) is 17.3 Å². The van der Waals surface area contributed by atoms with E-state index in [4.69, 9.17) is 4.42 Å². The quantitative estimate of drug-likeness (QED) is 0.674. The van der Waals surface area contributed by atoms with Gasteiger partial charge < -0.3 is 8.98 Å². The van der Waals surface area contributed by atoms with Crippen molar-refractivity contribution < 1.29 is 4.42 Å². The van der Waals surface area contributed by atoms with Crippen LogP contribution < -0.4 is 0 Å². The summed E-state index contributed by atoms with van der Waals surface area (Å²) in [6, 6.07) is 0.234. The second-order valence-electron chi connectivity index (χ2n) is 7.29. The maximum atomic E-state index is 5.37. The molecule has 3 aromatic heterocycles. The molecule has 0 atom stereocenters. The Hall–Kier alpha value is -2.51. The van der Waals surface area contributed by atoms with Crippen LogP contribution >= 0.6 is 0 Å². The number of hydrogen-bond acceptors (Lipinski definition) is 6. The third-order valence-electron chi connectivity index (χ3n) is 3.75. The molecule has 0 saturated carbocycles. The number of hydrogen-bond donors (Lipinski definition) is 0. The Balaban J connectivity index is 2.19. The van der Waals surface area contributed by atoms with Gasteiger partial charge in [0.15, 0.2) is 11.3 Å². The van der Waals surface area contributed by atoms with Crippen molar-refractivity contribution in [2.24, 2.45) is 17.3 Å². The van der Waals surface area contributed by atoms with Gasteiger partial charge in [0, 0.05) is 18.4 Å². The highest BCUT2D eigenvalue weighted by Gasteiger charge is 2.28. The highest BCUT2D eigenvalue weighted by molar-refractivity contribution is 5.68. The molecule has 0 aliphatic carbocycles. The van der Waals surface area contributed by atoms with Crippen molar-refractivity contribution in [1.29, 1.82) is 0 Å². The lowest BCUT2D eigenvalue weighted by molar-refractivity contribution is 0.532. The van der Waals surface area contributed by atoms with Crippen LogP contribution in [0.25, 0.3) is 5.65 Å². The largest absolute Gasteiger partial charge is 0.426 e. The molecule has 0 amide bonds. The molecule has 0 aromatic carbocycles. The van der Waals surface area contributed by atoms with Crippen molar-refractivity contribution in [1.82, 2.24) is 24.4 Å². The number of oxazole rings is 1. The molecule has 8 nitrogen and oxygen atoms in total. The molecule has 0 fully saturated rings. The minimum Gasteiger partial charge on any atom is -0.426 e. The van der Waals surface area contributed by atoms with Crippen LogP contribution in [0.2, 0.25) is 0 Å². The summed E-state index contributed by atoms with van der Waals surface area (Å²) in [6.07, 6.45) is 1.62. The minimum atomic E-state index is -0.188. The number of aryl methyl sites for hydroxylation is 2. The van der Waals surface area contributed by atoms with E-state index < -0.39 is 0 Å². The Morgan fingerprint density at radius 1 is 1.17 bits per heavy atom. The molecule has 3 aromatic rings. The van der Waals surface area contributed by atoms with Gasteiger partial charge in [0.05, 0.1) is 11.9 Å². The summed E-state index contributed by atoms with van der Waals surface area (Å²) in [7, 11) is 1.97. The van der Waals surface area contributed by atoms with Gasteiger partial charge in [-0.25, -0.2) is 0 Å². The standard InChI is InChI=1S/C16H23N7O/c1-9(2)13-21-23-14(22(13)7)11(12(20-23)16(4,5)6)18-19-15-17-8-10(3)24-15/h8-9H,1-7H3/b19-18+. The van der Waals surface area contributed by atoms with Gasteiger partial charge in [-0.05, 0) is 6.92 Å². The third-order valence-corrected chi connectivity index (χ3v) is 3.75. The van der Waals surface area contributed by atoms with Gasteiger partial charge in [-0.15, -0.1) is 14.8 Å². The first-order valence-electron chi connectivity index (χ1n) is 7.98. The number of azo groups is 1. The molecule has 0 N–H and O–H groups in total. The maximum absolute atomic E-state index is 5.37. The average molecular weight is 329 g/mol. The zero-order valence-electron chi connectivity index (χ0n) is 15.2. The van der Waals surface area contributed by atoms with Crippen LogP contribution in [-0.4, -0.2) is 24.4 Å². The van der Waals surface area contributed by atoms with Crippen molar-refractivity contribution in [2.45, 2.75) is 52.9 Å². The summed E-state index contributed by atoms with van der Waals surface area (Å²) in [4.78, 5) is 4.07. The molecule has 3 rings (SSSR count). The molecule has 8 heteroatoms. The van der Waals surface area contributed by atoms with Crippen molar-refractivity contribution >= 4 is 17.3 Å². The van der Waals surface area contributed by atoms with Gasteiger partial charge in [-0.1, -0.05) is 39.7 Å². The lowest BCUT2D eigenvalue weighted by Crippen LogP contribution is -2.13. The molecule has 0 radical (unpaired) electrons. The van der Waals surface area contributed by atoms with Crippen molar-refractivity contribution in [2.75, 3.05) is 0 Å². The Bertz CT molecular complexity index is 905. The predicted octanol–water partition coefficient (Wildman–Crippen LogP) is 4.20. The Morgan fingerprint density at radius 2 is 1.88 bits per heavy atom. The fourth-order valence-corrected chi connectivity index (χ4v) is 2.61. The second-order valence-corrected chi connectivity index (χ2v) is 7.29. The van der Waals surface area contributed by atoms with Gasteiger partial charge in [0.25, 0.3) is 0 Å². The first kappa shape index (κ1) is 16.4. The molecular weight excluding hydrogens is 306 g/mol. The third kappa shape index (κ3) is 2.72. The number of aromatic nitrogens is 5. The summed E-state index contributed by atoms with van der Waals surface area (Å²) in [5, 5.41) is 17.8. The Labute approximate surface area is 140 Å². The molecule has 0 aliphatic heterocycles. The topological polar surface area (TPSA) is 85.9 Å². The molecule has 0 unspecified atom stereocenters. The molecule has 24 heavy (non-hydrogen) atoms. The Kier molecular flexibility index (Phi) is 3.77. The molecule has 128 valence electrons. The number of rotatable bonds is 3. The van der Waals surface area contributed by atoms with Gasteiger partial charge in [-0.3, -0.25) is 0 Å². The van der Waals surface area contributed by atoms with Gasteiger partial charge in [0.1, 0.15) is 11.6 Å². The van der Waals surface area contributed by atoms with Crippen LogP contribution in [0.4, 0.5) is 11.7 Å². The first-order valence-corrected chi connectivity index (χ1v) is 7.98. The van der Waals surface area contributed by atoms with Gasteiger partial charge in [0.2, 0.25) is 0 Å². The molecular formula is C16H23N7O. The summed E-state index contributed by atoms with van der Waals surface area (Å²) in [5.41, 5.74) is 2.16. The van der Waals surface area contributed by atoms with E-state index in [1.54, 1.807) is 10.8 Å². The van der Waals surface area contributed by atoms with E-state index in [2.05, 4.69) is 60.0 Å². The van der Waals surface area contributed by atoms with E-state index >= 15 is 0 Å². The van der Waals surface area contributed by atoms with Crippen LogP contribution in [0.3, 0.4) is 0 Å². The Morgan fingerprint density at radius 3 is 2.42 bits per heavy atom. The fraction of sp³-hybridized carbons (Fsp3) is 0.562. The summed E-state index contributed by atoms with van der Waals surface area (Å²) >= 11 is 0. The van der Waals surface area contributed by atoms with Crippen molar-refractivity contribution in [3.8, 4) is 0 Å². The second kappa shape index (κ2) is 5.54. The SMILES string of the molecule is Cc1cnc(/N=N/c2c(C(C)(C)C)nn3nc(C(C)C)n(C)c23)o1. The monoisotopic (exact) mass is 329 g/mol. The van der Waals surface area contributed by atoms with Crippen LogP contribution in [0.1, 0.15) is 57.8 Å². The van der Waals surface area contributed by atoms with Crippen LogP contribution in [0.15, 0.2) is 20.8 Å². The normalized spacial score (nSPS) is 13.0. The first-order chi connectivity index (χ1) is 11.2. The molecule has 0 bridgehead atoms. The van der Waals surface area contributed by atoms with Crippen molar-refractivity contribution in [3.63, 3.8) is 0 Å². The lowest BCUT2D eigenvalue weighted by Gasteiger charge is -2.15. The highest BCUT2D eigenvalue weighted by Crippen LogP contribution is 2.36. The van der Waals surface area contributed by atoms with Crippen LogP contribution in [0.5, 0.6) is 0 Å². The highest BCUT2D eigenvalue weighted by atomic mass is 16.4. The van der Waals surface area contributed by atoms with Crippen molar-refractivity contribution in [3.05, 3.63) is 23.5 Å². The van der Waals surface area contributed by atoms with Crippen LogP contribution in [-0.2, 0) is 12.5 Å². The lowest BCUT2D eigenvalue weighted by atomic mass is 9.91. The van der Waals surface area contributed by atoms with Gasteiger partial charge in [-0.2, -0.15) is 10.1 Å². The number of nitrogens with zero attached hydrogens (tertiary/aromatic N) is 7. The van der Waals surface area contributed by atoms with E-state index in [0.29, 0.717) is 11.4 Å².